The fourth-order valence-electron chi connectivity index (χ4n) is 4.95. The number of aryl methyl sites for hydroxylation is 3. The van der Waals surface area contributed by atoms with Crippen LogP contribution in [0.2, 0.25) is 0 Å². The average molecular weight is 442 g/mol. The number of aromatic amines is 1. The summed E-state index contributed by atoms with van der Waals surface area (Å²) in [6.45, 7) is 8.83. The Kier molecular flexibility index (Phi) is 5.08. The van der Waals surface area contributed by atoms with Crippen LogP contribution in [0.1, 0.15) is 52.6 Å². The fraction of sp³-hybridized carbons (Fsp3) is 0.286. The number of halogens is 1. The molecule has 4 nitrogen and oxygen atoms in total. The maximum atomic E-state index is 14.7. The van der Waals surface area contributed by atoms with Gasteiger partial charge in [0.05, 0.1) is 16.6 Å². The molecule has 168 valence electrons. The first kappa shape index (κ1) is 21.4. The van der Waals surface area contributed by atoms with Gasteiger partial charge in [-0.15, -0.1) is 0 Å². The van der Waals surface area contributed by atoms with E-state index in [4.69, 9.17) is 4.98 Å². The van der Waals surface area contributed by atoms with Crippen LogP contribution in [0.15, 0.2) is 54.6 Å². The van der Waals surface area contributed by atoms with Crippen LogP contribution in [0.25, 0.3) is 22.2 Å². The Labute approximate surface area is 193 Å². The molecule has 1 atom stereocenters. The lowest BCUT2D eigenvalue weighted by Crippen LogP contribution is -2.43. The summed E-state index contributed by atoms with van der Waals surface area (Å²) in [5.74, 6) is 0.376. The number of H-pyrrole nitrogens is 1. The number of aromatic nitrogens is 2. The number of hydrogen-bond donors (Lipinski definition) is 1. The van der Waals surface area contributed by atoms with Crippen molar-refractivity contribution in [2.45, 2.75) is 46.1 Å². The van der Waals surface area contributed by atoms with Crippen molar-refractivity contribution in [2.24, 2.45) is 0 Å². The number of carbonyl (C=O) groups excluding carboxylic acids is 1. The summed E-state index contributed by atoms with van der Waals surface area (Å²) in [6.07, 6.45) is 1.70. The molecule has 0 spiro atoms. The van der Waals surface area contributed by atoms with Crippen LogP contribution in [0, 0.1) is 26.6 Å². The highest BCUT2D eigenvalue weighted by Gasteiger charge is 2.44. The Morgan fingerprint density at radius 1 is 1.03 bits per heavy atom. The normalized spacial score (nSPS) is 18.3. The van der Waals surface area contributed by atoms with Crippen molar-refractivity contribution in [1.29, 1.82) is 0 Å². The molecule has 5 rings (SSSR count). The number of amides is 1. The standard InChI is InChI=1S/C28H28FN3O/c1-17-10-11-20(21-8-5-6-9-23(21)29)22(14-17)26(33)32-13-7-12-28(32,4)27-30-24-15-18(2)19(3)16-25(24)31-27/h5-6,8-11,14-16H,7,12-13H2,1-4H3,(H,30,31). The highest BCUT2D eigenvalue weighted by Crippen LogP contribution is 2.40. The number of imidazole rings is 1. The number of nitrogens with zero attached hydrogens (tertiary/aromatic N) is 2. The first-order valence-corrected chi connectivity index (χ1v) is 11.4. The van der Waals surface area contributed by atoms with Gasteiger partial charge in [-0.3, -0.25) is 4.79 Å². The number of rotatable bonds is 3. The van der Waals surface area contributed by atoms with Crippen molar-refractivity contribution in [3.05, 3.63) is 88.5 Å². The molecule has 1 saturated heterocycles. The van der Waals surface area contributed by atoms with Crippen molar-refractivity contribution in [1.82, 2.24) is 14.9 Å². The van der Waals surface area contributed by atoms with Gasteiger partial charge < -0.3 is 9.88 Å². The van der Waals surface area contributed by atoms with E-state index in [9.17, 15) is 9.18 Å². The lowest BCUT2D eigenvalue weighted by atomic mass is 9.93. The average Bonchev–Trinajstić information content (AvgIpc) is 3.38. The zero-order chi connectivity index (χ0) is 23.3. The Hall–Kier alpha value is -3.47. The van der Waals surface area contributed by atoms with Crippen LogP contribution < -0.4 is 0 Å². The summed E-state index contributed by atoms with van der Waals surface area (Å²) in [4.78, 5) is 24.3. The van der Waals surface area contributed by atoms with E-state index in [1.807, 2.05) is 30.0 Å². The summed E-state index contributed by atoms with van der Waals surface area (Å²) < 4.78 is 14.7. The summed E-state index contributed by atoms with van der Waals surface area (Å²) in [7, 11) is 0. The van der Waals surface area contributed by atoms with Crippen molar-refractivity contribution >= 4 is 16.9 Å². The number of likely N-dealkylation sites (tertiary alicyclic amines) is 1. The van der Waals surface area contributed by atoms with E-state index < -0.39 is 5.54 Å². The lowest BCUT2D eigenvalue weighted by Gasteiger charge is -2.34. The largest absolute Gasteiger partial charge is 0.340 e. The topological polar surface area (TPSA) is 49.0 Å². The van der Waals surface area contributed by atoms with Crippen LogP contribution >= 0.6 is 0 Å². The molecule has 1 fully saturated rings. The zero-order valence-electron chi connectivity index (χ0n) is 19.5. The molecule has 4 aromatic rings. The molecule has 0 aliphatic carbocycles. The Morgan fingerprint density at radius 2 is 1.79 bits per heavy atom. The van der Waals surface area contributed by atoms with E-state index in [0.29, 0.717) is 23.2 Å². The van der Waals surface area contributed by atoms with Crippen LogP contribution in [0.5, 0.6) is 0 Å². The van der Waals surface area contributed by atoms with E-state index in [1.54, 1.807) is 18.2 Å². The van der Waals surface area contributed by atoms with Gasteiger partial charge in [0.25, 0.3) is 5.91 Å². The van der Waals surface area contributed by atoms with E-state index in [2.05, 4.69) is 37.9 Å². The van der Waals surface area contributed by atoms with Crippen molar-refractivity contribution in [2.75, 3.05) is 6.54 Å². The van der Waals surface area contributed by atoms with Gasteiger partial charge in [0, 0.05) is 17.7 Å². The van der Waals surface area contributed by atoms with Gasteiger partial charge in [-0.25, -0.2) is 9.37 Å². The van der Waals surface area contributed by atoms with Crippen LogP contribution in [0.3, 0.4) is 0 Å². The summed E-state index contributed by atoms with van der Waals surface area (Å²) in [6, 6.07) is 16.5. The minimum atomic E-state index is -0.561. The van der Waals surface area contributed by atoms with Crippen LogP contribution in [-0.2, 0) is 5.54 Å². The van der Waals surface area contributed by atoms with E-state index in [1.165, 1.54) is 17.2 Å². The predicted octanol–water partition coefficient (Wildman–Crippen LogP) is 6.45. The molecule has 1 aromatic heterocycles. The Bertz CT molecular complexity index is 1350. The summed E-state index contributed by atoms with van der Waals surface area (Å²) >= 11 is 0. The van der Waals surface area contributed by atoms with Crippen LogP contribution in [-0.4, -0.2) is 27.3 Å². The van der Waals surface area contributed by atoms with Crippen molar-refractivity contribution in [3.63, 3.8) is 0 Å². The SMILES string of the molecule is Cc1ccc(-c2ccccc2F)c(C(=O)N2CCCC2(C)c2nc3cc(C)c(C)cc3[nH]2)c1. The molecule has 0 saturated carbocycles. The molecule has 2 heterocycles. The lowest BCUT2D eigenvalue weighted by molar-refractivity contribution is 0.0606. The maximum Gasteiger partial charge on any atom is 0.255 e. The highest BCUT2D eigenvalue weighted by atomic mass is 19.1. The Balaban J connectivity index is 1.59. The minimum absolute atomic E-state index is 0.0928. The van der Waals surface area contributed by atoms with E-state index in [-0.39, 0.29) is 11.7 Å². The quantitative estimate of drug-likeness (QED) is 0.397. The first-order valence-electron chi connectivity index (χ1n) is 11.4. The Morgan fingerprint density at radius 3 is 2.58 bits per heavy atom. The second-order valence-electron chi connectivity index (χ2n) is 9.40. The smallest absolute Gasteiger partial charge is 0.255 e. The third kappa shape index (κ3) is 3.52. The zero-order valence-corrected chi connectivity index (χ0v) is 19.5. The maximum absolute atomic E-state index is 14.7. The molecular formula is C28H28FN3O. The molecule has 33 heavy (non-hydrogen) atoms. The number of carbonyl (C=O) groups is 1. The number of benzene rings is 3. The van der Waals surface area contributed by atoms with Crippen molar-refractivity contribution < 1.29 is 9.18 Å². The fourth-order valence-corrected chi connectivity index (χ4v) is 4.95. The van der Waals surface area contributed by atoms with Gasteiger partial charge >= 0.3 is 0 Å². The third-order valence-corrected chi connectivity index (χ3v) is 7.06. The summed E-state index contributed by atoms with van der Waals surface area (Å²) in [5.41, 5.74) is 6.28. The van der Waals surface area contributed by atoms with Gasteiger partial charge in [-0.05, 0) is 81.5 Å². The molecule has 1 aliphatic rings. The van der Waals surface area contributed by atoms with Gasteiger partial charge in [-0.2, -0.15) is 0 Å². The molecule has 1 amide bonds. The second-order valence-corrected chi connectivity index (χ2v) is 9.40. The molecule has 3 aromatic carbocycles. The van der Waals surface area contributed by atoms with E-state index >= 15 is 0 Å². The molecule has 1 unspecified atom stereocenters. The molecule has 1 aliphatic heterocycles. The molecule has 0 bridgehead atoms. The first-order chi connectivity index (χ1) is 15.8. The number of hydrogen-bond acceptors (Lipinski definition) is 2. The molecule has 5 heteroatoms. The highest BCUT2D eigenvalue weighted by molar-refractivity contribution is 6.01. The minimum Gasteiger partial charge on any atom is -0.340 e. The second kappa shape index (κ2) is 7.84. The molecule has 0 radical (unpaired) electrons. The molecular weight excluding hydrogens is 413 g/mol. The monoisotopic (exact) mass is 441 g/mol. The summed E-state index contributed by atoms with van der Waals surface area (Å²) in [5, 5.41) is 0. The van der Waals surface area contributed by atoms with Gasteiger partial charge in [0.1, 0.15) is 11.6 Å². The van der Waals surface area contributed by atoms with Crippen molar-refractivity contribution in [3.8, 4) is 11.1 Å². The predicted molar refractivity (Wildman–Crippen MR) is 130 cm³/mol. The van der Waals surface area contributed by atoms with Gasteiger partial charge in [-0.1, -0.05) is 35.9 Å². The number of fused-ring (bicyclic) bond motifs is 1. The van der Waals surface area contributed by atoms with Crippen LogP contribution in [0.4, 0.5) is 4.39 Å². The van der Waals surface area contributed by atoms with Gasteiger partial charge in [0.2, 0.25) is 0 Å². The number of nitrogens with one attached hydrogen (secondary N) is 1. The molecule has 1 N–H and O–H groups in total. The van der Waals surface area contributed by atoms with E-state index in [0.717, 1.165) is 35.3 Å². The van der Waals surface area contributed by atoms with Gasteiger partial charge in [0.15, 0.2) is 0 Å². The third-order valence-electron chi connectivity index (χ3n) is 7.06.